The number of ether oxygens (including phenoxy) is 1. The summed E-state index contributed by atoms with van der Waals surface area (Å²) in [6.45, 7) is 1.85. The van der Waals surface area contributed by atoms with Crippen LogP contribution in [-0.4, -0.2) is 87.3 Å². The summed E-state index contributed by atoms with van der Waals surface area (Å²) in [5.41, 5.74) is 11.0. The minimum atomic E-state index is -1.46. The van der Waals surface area contributed by atoms with Gasteiger partial charge in [0.2, 0.25) is 11.8 Å². The van der Waals surface area contributed by atoms with Crippen LogP contribution in [0.25, 0.3) is 0 Å². The van der Waals surface area contributed by atoms with Gasteiger partial charge in [-0.05, 0) is 19.8 Å². The van der Waals surface area contributed by atoms with Crippen LogP contribution in [0.4, 0.5) is 4.79 Å². The second-order valence-electron chi connectivity index (χ2n) is 7.62. The molecule has 0 radical (unpaired) electrons. The van der Waals surface area contributed by atoms with Crippen molar-refractivity contribution < 1.29 is 38.9 Å². The number of carbonyl (C=O) groups is 5. The van der Waals surface area contributed by atoms with Crippen molar-refractivity contribution >= 4 is 35.8 Å². The van der Waals surface area contributed by atoms with Crippen molar-refractivity contribution in [1.82, 2.24) is 25.9 Å². The molecule has 37 heavy (non-hydrogen) atoms. The minimum absolute atomic E-state index is 0.0250. The highest BCUT2D eigenvalue weighted by molar-refractivity contribution is 5.91. The first kappa shape index (κ1) is 30.4. The summed E-state index contributed by atoms with van der Waals surface area (Å²) in [5, 5.41) is 25.3. The number of aromatic nitrogens is 2. The van der Waals surface area contributed by atoms with Crippen LogP contribution < -0.4 is 27.4 Å². The Labute approximate surface area is 211 Å². The smallest absolute Gasteiger partial charge is 0.405 e. The largest absolute Gasteiger partial charge is 0.481 e. The van der Waals surface area contributed by atoms with E-state index < -0.39 is 54.4 Å². The lowest BCUT2D eigenvalue weighted by atomic mass is 10.1. The number of imidazole rings is 1. The topological polar surface area (TPSA) is 264 Å². The third kappa shape index (κ3) is 13.1. The van der Waals surface area contributed by atoms with Crippen LogP contribution >= 0.6 is 0 Å². The van der Waals surface area contributed by atoms with Crippen LogP contribution in [0.1, 0.15) is 31.9 Å². The van der Waals surface area contributed by atoms with Gasteiger partial charge < -0.3 is 47.4 Å². The van der Waals surface area contributed by atoms with Gasteiger partial charge in [0.25, 0.3) is 0 Å². The molecule has 1 heterocycles. The fourth-order valence-electron chi connectivity index (χ4n) is 3.04. The molecule has 0 aromatic carbocycles. The number of rotatable bonds is 16. The average Bonchev–Trinajstić information content (AvgIpc) is 3.31. The van der Waals surface area contributed by atoms with Crippen molar-refractivity contribution in [2.75, 3.05) is 13.2 Å². The quantitative estimate of drug-likeness (QED) is 0.0393. The van der Waals surface area contributed by atoms with E-state index in [0.717, 1.165) is 12.2 Å². The average molecular weight is 525 g/mol. The van der Waals surface area contributed by atoms with E-state index in [1.54, 1.807) is 6.92 Å². The number of guanidine groups is 1. The Morgan fingerprint density at radius 2 is 1.84 bits per heavy atom. The maximum Gasteiger partial charge on any atom is 0.405 e. The van der Waals surface area contributed by atoms with E-state index in [4.69, 9.17) is 21.3 Å². The molecule has 0 saturated heterocycles. The van der Waals surface area contributed by atoms with Crippen molar-refractivity contribution in [3.8, 4) is 0 Å². The summed E-state index contributed by atoms with van der Waals surface area (Å²) in [7, 11) is 0. The van der Waals surface area contributed by atoms with E-state index in [9.17, 15) is 29.1 Å². The van der Waals surface area contributed by atoms with Crippen LogP contribution in [0.5, 0.6) is 0 Å². The molecule has 0 spiro atoms. The van der Waals surface area contributed by atoms with E-state index >= 15 is 0 Å². The highest BCUT2D eigenvalue weighted by atomic mass is 16.5. The van der Waals surface area contributed by atoms with Crippen molar-refractivity contribution in [3.63, 3.8) is 0 Å². The molecular weight excluding hydrogens is 492 g/mol. The van der Waals surface area contributed by atoms with Crippen LogP contribution in [-0.2, 0) is 30.3 Å². The number of carbonyl (C=O) groups excluding carboxylic acids is 3. The third-order valence-electron chi connectivity index (χ3n) is 4.64. The molecule has 3 atom stereocenters. The van der Waals surface area contributed by atoms with Gasteiger partial charge in [-0.15, -0.1) is 0 Å². The first-order valence-corrected chi connectivity index (χ1v) is 11.2. The number of carboxylic acid groups (broad SMARTS) is 2. The van der Waals surface area contributed by atoms with Crippen molar-refractivity contribution in [3.05, 3.63) is 30.4 Å². The van der Waals surface area contributed by atoms with Crippen LogP contribution in [0.15, 0.2) is 29.7 Å². The molecule has 1 aromatic heterocycles. The van der Waals surface area contributed by atoms with Crippen LogP contribution in [0, 0.1) is 0 Å². The standard InChI is InChI=1S/C21H32N8O8/c1-2-37-17(32)6-5-12(9-16(30)31)27-19(34)15(8-13-10-24-11-26-13)28-18(33)14(29-21(35)36)4-3-7-25-20(22)23/h5-6,10-12,14-15,29H,2-4,7-9H2,1H3,(H,24,26)(H,27,34)(H,28,33)(H,30,31)(H,35,36)(H4,22,23,25)/b6-5+/t12-,14+,15-/m1/s1. The van der Waals surface area contributed by atoms with Gasteiger partial charge in [-0.1, -0.05) is 6.08 Å². The fraction of sp³-hybridized carbons (Fsp3) is 0.476. The second-order valence-corrected chi connectivity index (χ2v) is 7.62. The number of nitrogens with one attached hydrogen (secondary N) is 4. The highest BCUT2D eigenvalue weighted by Gasteiger charge is 2.28. The van der Waals surface area contributed by atoms with E-state index in [1.165, 1.54) is 12.5 Å². The van der Waals surface area contributed by atoms with Crippen molar-refractivity contribution in [1.29, 1.82) is 0 Å². The maximum atomic E-state index is 13.1. The van der Waals surface area contributed by atoms with E-state index in [-0.39, 0.29) is 38.4 Å². The Morgan fingerprint density at radius 3 is 2.41 bits per heavy atom. The molecule has 3 amide bonds. The summed E-state index contributed by atoms with van der Waals surface area (Å²) in [4.78, 5) is 70.4. The first-order valence-electron chi connectivity index (χ1n) is 11.2. The van der Waals surface area contributed by atoms with E-state index in [2.05, 4.69) is 30.9 Å². The molecular formula is C21H32N8O8. The highest BCUT2D eigenvalue weighted by Crippen LogP contribution is 2.05. The molecule has 0 aliphatic carbocycles. The monoisotopic (exact) mass is 524 g/mol. The fourth-order valence-corrected chi connectivity index (χ4v) is 3.04. The predicted octanol–water partition coefficient (Wildman–Crippen LogP) is -1.79. The van der Waals surface area contributed by atoms with Gasteiger partial charge in [0.1, 0.15) is 12.1 Å². The van der Waals surface area contributed by atoms with E-state index in [0.29, 0.717) is 5.69 Å². The molecule has 1 aromatic rings. The zero-order valence-corrected chi connectivity index (χ0v) is 20.2. The number of hydrogen-bond acceptors (Lipinski definition) is 8. The summed E-state index contributed by atoms with van der Waals surface area (Å²) in [5.74, 6) is -3.71. The molecule has 0 aliphatic heterocycles. The molecule has 0 bridgehead atoms. The molecule has 16 heteroatoms. The van der Waals surface area contributed by atoms with Crippen LogP contribution in [0.2, 0.25) is 0 Å². The summed E-state index contributed by atoms with van der Waals surface area (Å²) in [6, 6.07) is -3.60. The third-order valence-corrected chi connectivity index (χ3v) is 4.64. The Hall–Kier alpha value is -4.63. The molecule has 10 N–H and O–H groups in total. The molecule has 204 valence electrons. The Kier molecular flexibility index (Phi) is 13.2. The number of nitrogens with zero attached hydrogens (tertiary/aromatic N) is 2. The number of aliphatic imine (C=N–C) groups is 1. The number of amides is 3. The van der Waals surface area contributed by atoms with Gasteiger partial charge in [0, 0.05) is 30.9 Å². The SMILES string of the molecule is CCOC(=O)/C=C/[C@H](CC(=O)O)NC(=O)[C@@H](Cc1cnc[nH]1)NC(=O)[C@H](CCCN=C(N)N)NC(=O)O. The second kappa shape index (κ2) is 16.1. The number of aliphatic carboxylic acids is 1. The molecule has 1 rings (SSSR count). The minimum Gasteiger partial charge on any atom is -0.481 e. The lowest BCUT2D eigenvalue weighted by molar-refractivity contribution is -0.139. The number of hydrogen-bond donors (Lipinski definition) is 8. The van der Waals surface area contributed by atoms with E-state index in [1.807, 2.05) is 0 Å². The summed E-state index contributed by atoms with van der Waals surface area (Å²) >= 11 is 0. The Balaban J connectivity index is 3.05. The molecule has 0 saturated carbocycles. The predicted molar refractivity (Wildman–Crippen MR) is 129 cm³/mol. The van der Waals surface area contributed by atoms with Crippen molar-refractivity contribution in [2.24, 2.45) is 16.5 Å². The van der Waals surface area contributed by atoms with Gasteiger partial charge in [-0.25, -0.2) is 14.6 Å². The molecule has 16 nitrogen and oxygen atoms in total. The summed E-state index contributed by atoms with van der Waals surface area (Å²) in [6.07, 6.45) is 3.13. The lowest BCUT2D eigenvalue weighted by Crippen LogP contribution is -2.55. The number of esters is 1. The zero-order chi connectivity index (χ0) is 27.8. The zero-order valence-electron chi connectivity index (χ0n) is 20.2. The Morgan fingerprint density at radius 1 is 1.14 bits per heavy atom. The molecule has 0 aliphatic rings. The first-order chi connectivity index (χ1) is 17.5. The van der Waals surface area contributed by atoms with Gasteiger partial charge in [-0.2, -0.15) is 0 Å². The maximum absolute atomic E-state index is 13.1. The van der Waals surface area contributed by atoms with Gasteiger partial charge in [-0.3, -0.25) is 19.4 Å². The number of carboxylic acids is 1. The van der Waals surface area contributed by atoms with Gasteiger partial charge in [0.05, 0.1) is 25.4 Å². The summed E-state index contributed by atoms with van der Waals surface area (Å²) < 4.78 is 4.75. The lowest BCUT2D eigenvalue weighted by Gasteiger charge is -2.23. The number of H-pyrrole nitrogens is 1. The molecule has 0 unspecified atom stereocenters. The van der Waals surface area contributed by atoms with Crippen molar-refractivity contribution in [2.45, 2.75) is 50.7 Å². The van der Waals surface area contributed by atoms with Gasteiger partial charge >= 0.3 is 18.0 Å². The normalized spacial score (nSPS) is 13.1. The number of nitrogens with two attached hydrogens (primary N) is 2. The van der Waals surface area contributed by atoms with Gasteiger partial charge in [0.15, 0.2) is 5.96 Å². The molecule has 0 fully saturated rings. The number of aromatic amines is 1. The van der Waals surface area contributed by atoms with Crippen LogP contribution in [0.3, 0.4) is 0 Å². The Bertz CT molecular complexity index is 975.